The number of hydrogen-bond acceptors (Lipinski definition) is 6. The van der Waals surface area contributed by atoms with Crippen molar-refractivity contribution in [2.45, 2.75) is 6.10 Å². The number of carbonyl (C=O) groups is 1. The van der Waals surface area contributed by atoms with Crippen molar-refractivity contribution < 1.29 is 24.5 Å². The Morgan fingerprint density at radius 3 is 2.68 bits per heavy atom. The number of aliphatic hydroxyl groups is 2. The molecule has 0 spiro atoms. The number of nitrogens with one attached hydrogen (secondary N) is 1. The first-order chi connectivity index (χ1) is 9.03. The van der Waals surface area contributed by atoms with Gasteiger partial charge in [0.1, 0.15) is 11.3 Å². The third-order valence-corrected chi connectivity index (χ3v) is 3.33. The number of halogens is 1. The van der Waals surface area contributed by atoms with E-state index in [-0.39, 0.29) is 13.2 Å². The van der Waals surface area contributed by atoms with E-state index in [1.807, 2.05) is 0 Å². The maximum Gasteiger partial charge on any atom is 0.341 e. The summed E-state index contributed by atoms with van der Waals surface area (Å²) in [6.45, 7) is -0.117. The zero-order valence-corrected chi connectivity index (χ0v) is 12.8. The molecule has 0 fully saturated rings. The van der Waals surface area contributed by atoms with Crippen molar-refractivity contribution in [1.82, 2.24) is 0 Å². The quantitative estimate of drug-likeness (QED) is 0.500. The molecule has 3 N–H and O–H groups in total. The van der Waals surface area contributed by atoms with E-state index in [4.69, 9.17) is 9.84 Å². The zero-order chi connectivity index (χ0) is 14.4. The van der Waals surface area contributed by atoms with E-state index < -0.39 is 12.1 Å². The number of carbonyl (C=O) groups excluding carboxylic acids is 1. The smallest absolute Gasteiger partial charge is 0.341 e. The Morgan fingerprint density at radius 1 is 1.47 bits per heavy atom. The fourth-order valence-corrected chi connectivity index (χ4v) is 2.08. The van der Waals surface area contributed by atoms with Gasteiger partial charge in [0.25, 0.3) is 0 Å². The Labute approximate surface area is 124 Å². The van der Waals surface area contributed by atoms with Crippen molar-refractivity contribution in [3.8, 4) is 5.75 Å². The number of benzene rings is 1. The van der Waals surface area contributed by atoms with E-state index in [0.29, 0.717) is 17.0 Å². The van der Waals surface area contributed by atoms with Gasteiger partial charge in [-0.1, -0.05) is 0 Å². The molecule has 0 heterocycles. The third kappa shape index (κ3) is 4.22. The molecule has 0 saturated heterocycles. The van der Waals surface area contributed by atoms with Crippen LogP contribution in [0.25, 0.3) is 0 Å². The van der Waals surface area contributed by atoms with Gasteiger partial charge < -0.3 is 25.0 Å². The van der Waals surface area contributed by atoms with Crippen LogP contribution in [0, 0.1) is 3.57 Å². The maximum atomic E-state index is 11.6. The van der Waals surface area contributed by atoms with Gasteiger partial charge in [0.2, 0.25) is 0 Å². The van der Waals surface area contributed by atoms with Gasteiger partial charge in [-0.15, -0.1) is 0 Å². The molecule has 0 aliphatic heterocycles. The molecule has 106 valence electrons. The fraction of sp³-hybridized carbons (Fsp3) is 0.417. The molecule has 0 bridgehead atoms. The molecule has 19 heavy (non-hydrogen) atoms. The van der Waals surface area contributed by atoms with E-state index in [1.165, 1.54) is 14.2 Å². The molecule has 1 unspecified atom stereocenters. The molecule has 0 aromatic heterocycles. The Bertz CT molecular complexity index is 452. The number of esters is 1. The highest BCUT2D eigenvalue weighted by molar-refractivity contribution is 14.1. The largest absolute Gasteiger partial charge is 0.496 e. The summed E-state index contributed by atoms with van der Waals surface area (Å²) in [6.07, 6.45) is -0.845. The first-order valence-corrected chi connectivity index (χ1v) is 6.60. The zero-order valence-electron chi connectivity index (χ0n) is 10.6. The monoisotopic (exact) mass is 381 g/mol. The summed E-state index contributed by atoms with van der Waals surface area (Å²) in [7, 11) is 2.76. The lowest BCUT2D eigenvalue weighted by molar-refractivity contribution is 0.0597. The van der Waals surface area contributed by atoms with Gasteiger partial charge in [0, 0.05) is 16.2 Å². The van der Waals surface area contributed by atoms with E-state index in [9.17, 15) is 9.90 Å². The standard InChI is InChI=1S/C12H16INO5/c1-18-11-4-10(14-5-7(16)6-15)9(13)3-8(11)12(17)19-2/h3-4,7,14-16H,5-6H2,1-2H3. The van der Waals surface area contributed by atoms with Gasteiger partial charge in [-0.2, -0.15) is 0 Å². The molecule has 1 aromatic rings. The number of hydrogen-bond donors (Lipinski definition) is 3. The molecule has 0 saturated carbocycles. The van der Waals surface area contributed by atoms with Crippen molar-refractivity contribution in [2.75, 3.05) is 32.7 Å². The molecular weight excluding hydrogens is 365 g/mol. The Kier molecular flexibility index (Phi) is 6.32. The topological polar surface area (TPSA) is 88.0 Å². The van der Waals surface area contributed by atoms with E-state index in [2.05, 4.69) is 32.6 Å². The minimum absolute atomic E-state index is 0.202. The van der Waals surface area contributed by atoms with Crippen molar-refractivity contribution in [2.24, 2.45) is 0 Å². The lowest BCUT2D eigenvalue weighted by Gasteiger charge is -2.15. The number of anilines is 1. The van der Waals surface area contributed by atoms with Gasteiger partial charge in [0.05, 0.1) is 32.6 Å². The van der Waals surface area contributed by atoms with E-state index >= 15 is 0 Å². The van der Waals surface area contributed by atoms with Crippen LogP contribution in [0.5, 0.6) is 5.75 Å². The molecule has 0 aliphatic carbocycles. The van der Waals surface area contributed by atoms with Crippen LogP contribution in [0.3, 0.4) is 0 Å². The van der Waals surface area contributed by atoms with Crippen LogP contribution in [0.4, 0.5) is 5.69 Å². The Morgan fingerprint density at radius 2 is 2.16 bits per heavy atom. The highest BCUT2D eigenvalue weighted by atomic mass is 127. The highest BCUT2D eigenvalue weighted by Crippen LogP contribution is 2.29. The fourth-order valence-electron chi connectivity index (χ4n) is 1.42. The van der Waals surface area contributed by atoms with Crippen LogP contribution in [0.1, 0.15) is 10.4 Å². The highest BCUT2D eigenvalue weighted by Gasteiger charge is 2.16. The lowest BCUT2D eigenvalue weighted by atomic mass is 10.1. The normalized spacial score (nSPS) is 11.8. The first kappa shape index (κ1) is 16.0. The molecule has 1 rings (SSSR count). The van der Waals surface area contributed by atoms with Crippen LogP contribution < -0.4 is 10.1 Å². The van der Waals surface area contributed by atoms with Gasteiger partial charge >= 0.3 is 5.97 Å². The first-order valence-electron chi connectivity index (χ1n) is 5.52. The number of methoxy groups -OCH3 is 2. The van der Waals surface area contributed by atoms with Crippen molar-refractivity contribution in [1.29, 1.82) is 0 Å². The van der Waals surface area contributed by atoms with Gasteiger partial charge in [-0.3, -0.25) is 0 Å². The Hall–Kier alpha value is -1.06. The molecule has 6 nitrogen and oxygen atoms in total. The summed E-state index contributed by atoms with van der Waals surface area (Å²) < 4.78 is 10.6. The van der Waals surface area contributed by atoms with E-state index in [1.54, 1.807) is 12.1 Å². The van der Waals surface area contributed by atoms with Crippen molar-refractivity contribution >= 4 is 34.2 Å². The lowest BCUT2D eigenvalue weighted by Crippen LogP contribution is -2.23. The summed E-state index contributed by atoms with van der Waals surface area (Å²) >= 11 is 2.06. The minimum atomic E-state index is -0.845. The van der Waals surface area contributed by atoms with Gasteiger partial charge in [0.15, 0.2) is 0 Å². The Balaban J connectivity index is 2.99. The van der Waals surface area contributed by atoms with Crippen LogP contribution in [-0.4, -0.2) is 49.7 Å². The number of ether oxygens (including phenoxy) is 2. The average molecular weight is 381 g/mol. The van der Waals surface area contributed by atoms with Crippen LogP contribution in [0.2, 0.25) is 0 Å². The van der Waals surface area contributed by atoms with Crippen LogP contribution >= 0.6 is 22.6 Å². The third-order valence-electron chi connectivity index (χ3n) is 2.43. The molecule has 7 heteroatoms. The van der Waals surface area contributed by atoms with Crippen molar-refractivity contribution in [3.63, 3.8) is 0 Å². The summed E-state index contributed by atoms with van der Waals surface area (Å²) in [6, 6.07) is 3.29. The summed E-state index contributed by atoms with van der Waals surface area (Å²) in [5, 5.41) is 21.0. The van der Waals surface area contributed by atoms with Gasteiger partial charge in [-0.25, -0.2) is 4.79 Å². The predicted octanol–water partition coefficient (Wildman–Crippen LogP) is 0.851. The van der Waals surface area contributed by atoms with Gasteiger partial charge in [-0.05, 0) is 28.7 Å². The molecule has 1 aromatic carbocycles. The molecule has 0 amide bonds. The maximum absolute atomic E-state index is 11.6. The number of rotatable bonds is 6. The summed E-state index contributed by atoms with van der Waals surface area (Å²) in [4.78, 5) is 11.6. The van der Waals surface area contributed by atoms with Crippen LogP contribution in [0.15, 0.2) is 12.1 Å². The molecule has 0 aliphatic rings. The molecule has 1 atom stereocenters. The molecular formula is C12H16INO5. The second-order valence-electron chi connectivity index (χ2n) is 3.74. The van der Waals surface area contributed by atoms with Crippen molar-refractivity contribution in [3.05, 3.63) is 21.3 Å². The summed E-state index contributed by atoms with van der Waals surface area (Å²) in [5.41, 5.74) is 1.04. The number of aliphatic hydroxyl groups excluding tert-OH is 2. The average Bonchev–Trinajstić information content (AvgIpc) is 2.44. The van der Waals surface area contributed by atoms with E-state index in [0.717, 1.165) is 3.57 Å². The SMILES string of the molecule is COC(=O)c1cc(I)c(NCC(O)CO)cc1OC. The second kappa shape index (κ2) is 7.51. The second-order valence-corrected chi connectivity index (χ2v) is 4.90. The minimum Gasteiger partial charge on any atom is -0.496 e. The molecule has 0 radical (unpaired) electrons. The van der Waals surface area contributed by atoms with Crippen LogP contribution in [-0.2, 0) is 4.74 Å². The summed E-state index contributed by atoms with van der Waals surface area (Å²) in [5.74, 6) is -0.0926. The predicted molar refractivity (Wildman–Crippen MR) is 78.6 cm³/mol.